The molecule has 0 unspecified atom stereocenters. The Bertz CT molecular complexity index is 1040. The van der Waals surface area contributed by atoms with Crippen LogP contribution in [0.15, 0.2) is 47.7 Å². The molecule has 0 aliphatic carbocycles. The van der Waals surface area contributed by atoms with E-state index in [4.69, 9.17) is 26.4 Å². The molecule has 3 rings (SSSR count). The lowest BCUT2D eigenvalue weighted by Gasteiger charge is -2.30. The molecule has 31 heavy (non-hydrogen) atoms. The largest absolute Gasteiger partial charge is 0.504 e. The molecule has 2 aromatic carbocycles. The van der Waals surface area contributed by atoms with Crippen LogP contribution in [0.5, 0.6) is 23.0 Å². The Morgan fingerprint density at radius 3 is 2.61 bits per heavy atom. The van der Waals surface area contributed by atoms with Crippen molar-refractivity contribution in [2.75, 3.05) is 26.1 Å². The number of rotatable bonds is 7. The number of nitrogens with one attached hydrogen (secondary N) is 3. The highest BCUT2D eigenvalue weighted by Crippen LogP contribution is 2.35. The van der Waals surface area contributed by atoms with Crippen molar-refractivity contribution in [1.29, 1.82) is 0 Å². The van der Waals surface area contributed by atoms with Crippen LogP contribution in [0, 0.1) is 0 Å². The number of phenols is 1. The van der Waals surface area contributed by atoms with Crippen molar-refractivity contribution >= 4 is 28.9 Å². The maximum absolute atomic E-state index is 13.3. The van der Waals surface area contributed by atoms with Crippen LogP contribution in [0.4, 0.5) is 5.69 Å². The summed E-state index contributed by atoms with van der Waals surface area (Å²) < 4.78 is 16.1. The van der Waals surface area contributed by atoms with E-state index in [1.165, 1.54) is 13.2 Å². The average Bonchev–Trinajstić information content (AvgIpc) is 2.75. The first-order valence-corrected chi connectivity index (χ1v) is 10.1. The first-order chi connectivity index (χ1) is 14.9. The van der Waals surface area contributed by atoms with E-state index in [-0.39, 0.29) is 11.7 Å². The third-order valence-electron chi connectivity index (χ3n) is 4.79. The van der Waals surface area contributed by atoms with Gasteiger partial charge in [-0.05, 0) is 55.9 Å². The van der Waals surface area contributed by atoms with E-state index in [9.17, 15) is 9.90 Å². The molecular formula is C22H25N3O5S. The van der Waals surface area contributed by atoms with Gasteiger partial charge in [0.1, 0.15) is 11.5 Å². The van der Waals surface area contributed by atoms with E-state index in [0.717, 1.165) is 5.56 Å². The molecule has 0 radical (unpaired) electrons. The lowest BCUT2D eigenvalue weighted by molar-refractivity contribution is -0.113. The second-order valence-corrected chi connectivity index (χ2v) is 7.16. The van der Waals surface area contributed by atoms with Gasteiger partial charge in [0.25, 0.3) is 5.91 Å². The molecule has 0 spiro atoms. The molecule has 0 saturated carbocycles. The number of carbonyl (C=O) groups excluding carboxylic acids is 1. The van der Waals surface area contributed by atoms with Gasteiger partial charge in [0, 0.05) is 11.8 Å². The van der Waals surface area contributed by atoms with Gasteiger partial charge in [-0.15, -0.1) is 0 Å². The number of benzene rings is 2. The number of hydrogen-bond donors (Lipinski definition) is 4. The fraction of sp³-hybridized carbons (Fsp3) is 0.273. The molecule has 4 N–H and O–H groups in total. The van der Waals surface area contributed by atoms with Crippen molar-refractivity contribution in [3.8, 4) is 23.0 Å². The minimum absolute atomic E-state index is 0.0248. The summed E-state index contributed by atoms with van der Waals surface area (Å²) >= 11 is 5.30. The minimum Gasteiger partial charge on any atom is -0.504 e. The summed E-state index contributed by atoms with van der Waals surface area (Å²) in [4.78, 5) is 13.3. The van der Waals surface area contributed by atoms with Crippen LogP contribution in [0.3, 0.4) is 0 Å². The molecule has 0 bridgehead atoms. The summed E-state index contributed by atoms with van der Waals surface area (Å²) in [6.45, 7) is 4.01. The summed E-state index contributed by atoms with van der Waals surface area (Å²) in [5.74, 6) is 1.11. The molecule has 1 aliphatic heterocycles. The maximum atomic E-state index is 13.3. The Kier molecular flexibility index (Phi) is 6.86. The van der Waals surface area contributed by atoms with Crippen LogP contribution < -0.4 is 30.2 Å². The number of carbonyl (C=O) groups is 1. The number of anilines is 1. The molecule has 0 fully saturated rings. The zero-order valence-electron chi connectivity index (χ0n) is 17.7. The predicted octanol–water partition coefficient (Wildman–Crippen LogP) is 3.24. The minimum atomic E-state index is -0.544. The van der Waals surface area contributed by atoms with E-state index < -0.39 is 6.04 Å². The third-order valence-corrected chi connectivity index (χ3v) is 5.01. The van der Waals surface area contributed by atoms with Crippen LogP contribution in [-0.2, 0) is 4.79 Å². The van der Waals surface area contributed by atoms with Crippen molar-refractivity contribution in [2.24, 2.45) is 0 Å². The second-order valence-electron chi connectivity index (χ2n) is 6.75. The highest BCUT2D eigenvalue weighted by Gasteiger charge is 2.31. The van der Waals surface area contributed by atoms with Gasteiger partial charge >= 0.3 is 0 Å². The van der Waals surface area contributed by atoms with Gasteiger partial charge in [0.05, 0.1) is 38.1 Å². The first-order valence-electron chi connectivity index (χ1n) is 9.65. The Morgan fingerprint density at radius 2 is 1.94 bits per heavy atom. The molecule has 1 amide bonds. The maximum Gasteiger partial charge on any atom is 0.255 e. The van der Waals surface area contributed by atoms with E-state index in [0.29, 0.717) is 45.9 Å². The lowest BCUT2D eigenvalue weighted by atomic mass is 9.94. The zero-order valence-corrected chi connectivity index (χ0v) is 18.6. The van der Waals surface area contributed by atoms with Crippen molar-refractivity contribution < 1.29 is 24.1 Å². The van der Waals surface area contributed by atoms with Crippen LogP contribution in [0.2, 0.25) is 0 Å². The van der Waals surface area contributed by atoms with Crippen LogP contribution in [0.25, 0.3) is 0 Å². The fourth-order valence-electron chi connectivity index (χ4n) is 3.32. The van der Waals surface area contributed by atoms with Crippen molar-refractivity contribution in [1.82, 2.24) is 10.6 Å². The van der Waals surface area contributed by atoms with E-state index >= 15 is 0 Å². The number of methoxy groups -OCH3 is 2. The summed E-state index contributed by atoms with van der Waals surface area (Å²) in [5, 5.41) is 19.5. The quantitative estimate of drug-likeness (QED) is 0.484. The van der Waals surface area contributed by atoms with Gasteiger partial charge < -0.3 is 35.3 Å². The molecule has 1 atom stereocenters. The monoisotopic (exact) mass is 443 g/mol. The van der Waals surface area contributed by atoms with Crippen molar-refractivity contribution in [3.63, 3.8) is 0 Å². The molecule has 0 aromatic heterocycles. The fourth-order valence-corrected chi connectivity index (χ4v) is 3.59. The molecule has 2 aromatic rings. The summed E-state index contributed by atoms with van der Waals surface area (Å²) in [7, 11) is 3.08. The molecular weight excluding hydrogens is 418 g/mol. The number of ether oxygens (including phenoxy) is 3. The Labute approximate surface area is 186 Å². The Hall–Kier alpha value is -3.46. The van der Waals surface area contributed by atoms with Gasteiger partial charge in [-0.1, -0.05) is 6.07 Å². The number of aromatic hydroxyl groups is 1. The molecule has 1 heterocycles. The number of allylic oxidation sites excluding steroid dienone is 1. The lowest BCUT2D eigenvalue weighted by Crippen LogP contribution is -2.45. The molecule has 0 saturated heterocycles. The number of phenolic OH excluding ortho intramolecular Hbond substituents is 1. The predicted molar refractivity (Wildman–Crippen MR) is 122 cm³/mol. The summed E-state index contributed by atoms with van der Waals surface area (Å²) in [6.07, 6.45) is 0. The number of amides is 1. The number of thiocarbonyl (C=S) groups is 1. The van der Waals surface area contributed by atoms with Crippen molar-refractivity contribution in [2.45, 2.75) is 19.9 Å². The van der Waals surface area contributed by atoms with E-state index in [1.54, 1.807) is 44.4 Å². The molecule has 9 heteroatoms. The number of hydrogen-bond acceptors (Lipinski definition) is 6. The van der Waals surface area contributed by atoms with Crippen LogP contribution >= 0.6 is 12.2 Å². The normalized spacial score (nSPS) is 15.6. The van der Waals surface area contributed by atoms with Gasteiger partial charge in [0.2, 0.25) is 0 Å². The highest BCUT2D eigenvalue weighted by atomic mass is 32.1. The van der Waals surface area contributed by atoms with Crippen LogP contribution in [-0.4, -0.2) is 37.0 Å². The Balaban J connectivity index is 1.97. The van der Waals surface area contributed by atoms with Crippen molar-refractivity contribution in [3.05, 3.63) is 53.2 Å². The van der Waals surface area contributed by atoms with Gasteiger partial charge in [-0.2, -0.15) is 0 Å². The summed E-state index contributed by atoms with van der Waals surface area (Å²) in [6, 6.07) is 9.54. The van der Waals surface area contributed by atoms with Gasteiger partial charge in [-0.25, -0.2) is 0 Å². The SMILES string of the molecule is CCOc1cc([C@@H]2NC(=S)NC(C)=C2C(=O)Nc2ccc(OC)cc2OC)ccc1O. The topological polar surface area (TPSA) is 101 Å². The van der Waals surface area contributed by atoms with Crippen LogP contribution in [0.1, 0.15) is 25.5 Å². The molecule has 164 valence electrons. The average molecular weight is 444 g/mol. The molecule has 1 aliphatic rings. The first kappa shape index (κ1) is 22.2. The highest BCUT2D eigenvalue weighted by molar-refractivity contribution is 7.80. The van der Waals surface area contributed by atoms with E-state index in [2.05, 4.69) is 16.0 Å². The summed E-state index contributed by atoms with van der Waals surface area (Å²) in [5.41, 5.74) is 2.28. The molecule has 8 nitrogen and oxygen atoms in total. The smallest absolute Gasteiger partial charge is 0.255 e. The van der Waals surface area contributed by atoms with E-state index in [1.807, 2.05) is 6.92 Å². The second kappa shape index (κ2) is 9.57. The van der Waals surface area contributed by atoms with Gasteiger partial charge in [-0.3, -0.25) is 4.79 Å². The zero-order chi connectivity index (χ0) is 22.5. The third kappa shape index (κ3) is 4.83. The Morgan fingerprint density at radius 1 is 1.16 bits per heavy atom. The standard InChI is InChI=1S/C22H25N3O5S/c1-5-30-18-10-13(6-9-16(18)26)20-19(12(2)23-22(31)25-20)21(27)24-15-8-7-14(28-3)11-17(15)29-4/h6-11,20,26H,5H2,1-4H3,(H,24,27)(H2,23,25,31)/t20-/m0/s1. The van der Waals surface area contributed by atoms with Gasteiger partial charge in [0.15, 0.2) is 16.6 Å².